The number of imidazole rings is 3. The van der Waals surface area contributed by atoms with E-state index in [2.05, 4.69) is 208 Å². The van der Waals surface area contributed by atoms with E-state index >= 15 is 0 Å². The molecule has 0 amide bonds. The zero-order valence-electron chi connectivity index (χ0n) is 52.8. The Kier molecular flexibility index (Phi) is 17.0. The van der Waals surface area contributed by atoms with E-state index in [1.165, 1.54) is 27.4 Å². The van der Waals surface area contributed by atoms with Crippen LogP contribution in [0, 0.1) is 29.0 Å². The van der Waals surface area contributed by atoms with Gasteiger partial charge in [0.1, 0.15) is 0 Å². The molecule has 0 saturated heterocycles. The van der Waals surface area contributed by atoms with Gasteiger partial charge in [-0.25, -0.2) is 0 Å². The van der Waals surface area contributed by atoms with E-state index in [0.29, 0.717) is 11.1 Å². The standard InChI is InChI=1S/C27H28N3.C25H28N3Si2.C21H16N3.3Ir/c1-26(2,3)24(27(4,5)6)17-11-9-15-21-22(17)23-18(12-10-16-28-23)25-29-19-13-7-8-14-20(19)30(21)25;1-29(2,3)25(30(4,5)6)17-11-9-15-21-22(17)23-18(12-10-16-26-23)24-27-19-13-7-8-14-20(19)28(21)24;1-13(2)14-7-5-11-18-19(14)20-15(8-6-12-22-20)21-23-16-9-3-4-10-17(16)24(18)21;;;/h7-11,13-16,24H,1-6H3;7-11,13-16,25H,1-6H3;3-7,9-13H,1-2H3;;;/q3*-1;;;/i;;13D;;;. The van der Waals surface area contributed by atoms with Crippen molar-refractivity contribution in [2.45, 2.75) is 112 Å². The molecule has 0 N–H and O–H groups in total. The van der Waals surface area contributed by atoms with E-state index in [0.717, 1.165) is 105 Å². The number of aromatic nitrogens is 9. The Bertz CT molecular complexity index is 4910. The first kappa shape index (κ1) is 62.2. The largest absolute Gasteiger partial charge is 0.351 e. The smallest absolute Gasteiger partial charge is 0.0774 e. The van der Waals surface area contributed by atoms with Crippen molar-refractivity contribution in [3.63, 3.8) is 0 Å². The van der Waals surface area contributed by atoms with Crippen LogP contribution in [0.4, 0.5) is 0 Å². The Morgan fingerprint density at radius 2 is 0.701 bits per heavy atom. The van der Waals surface area contributed by atoms with Crippen LogP contribution in [0.5, 0.6) is 0 Å². The van der Waals surface area contributed by atoms with Crippen LogP contribution in [0.1, 0.15) is 90.4 Å². The Labute approximate surface area is 553 Å². The van der Waals surface area contributed by atoms with Gasteiger partial charge in [-0.05, 0) is 132 Å². The predicted molar refractivity (Wildman–Crippen MR) is 358 cm³/mol. The van der Waals surface area contributed by atoms with Crippen LogP contribution in [-0.2, 0) is 60.3 Å². The summed E-state index contributed by atoms with van der Waals surface area (Å²) >= 11 is 0. The molecule has 9 aromatic heterocycles. The Morgan fingerprint density at radius 3 is 1.03 bits per heavy atom. The number of rotatable bonds is 5. The number of fused-ring (bicyclic) bond motifs is 24. The van der Waals surface area contributed by atoms with Gasteiger partial charge in [-0.2, -0.15) is 0 Å². The molecule has 0 aliphatic carbocycles. The topological polar surface area (TPSA) is 90.6 Å². The zero-order chi connectivity index (χ0) is 59.7. The van der Waals surface area contributed by atoms with Crippen molar-refractivity contribution >= 4 is 132 Å². The maximum atomic E-state index is 8.60. The second-order valence-electron chi connectivity index (χ2n) is 27.2. The number of benzene rings is 6. The van der Waals surface area contributed by atoms with Crippen LogP contribution in [-0.4, -0.2) is 59.3 Å². The third-order valence-electron chi connectivity index (χ3n) is 16.8. The number of hydrogen-bond donors (Lipinski definition) is 0. The molecule has 9 nitrogen and oxygen atoms in total. The van der Waals surface area contributed by atoms with Gasteiger partial charge in [0, 0.05) is 94.4 Å². The fourth-order valence-electron chi connectivity index (χ4n) is 14.8. The van der Waals surface area contributed by atoms with Crippen LogP contribution in [0.3, 0.4) is 0 Å². The SMILES string of the molecule is CC(C)(C)C(c1cccc2c1c1ncc[c-]c1c1nc3ccccc3n21)C(C)(C)C.C[Si](C)(C)C(c1cccc2c1c1ncc[c-]c1c1nc3ccccc3n21)[Si](C)(C)C.[2H]C(C)(C)c1cccc2c1c1ncc[c-]c1c1nc3ccccc3n21.[Ir].[Ir].[Ir]. The molecule has 87 heavy (non-hydrogen) atoms. The van der Waals surface area contributed by atoms with Crippen molar-refractivity contribution in [2.24, 2.45) is 10.8 Å². The molecule has 14 heteroatoms. The molecule has 0 atom stereocenters. The molecule has 3 radical (unpaired) electrons. The minimum Gasteiger partial charge on any atom is -0.351 e. The van der Waals surface area contributed by atoms with Crippen LogP contribution < -0.4 is 0 Å². The van der Waals surface area contributed by atoms with E-state index in [1.807, 2.05) is 80.8 Å². The van der Waals surface area contributed by atoms with E-state index in [4.69, 9.17) is 26.3 Å². The summed E-state index contributed by atoms with van der Waals surface area (Å²) in [5.74, 6) is -0.375. The Balaban J connectivity index is 0.000000144. The first-order valence-corrected chi connectivity index (χ1v) is 36.5. The molecule has 0 aliphatic heterocycles. The monoisotopic (exact) mass is 1710 g/mol. The van der Waals surface area contributed by atoms with E-state index in [1.54, 1.807) is 6.20 Å². The molecule has 447 valence electrons. The van der Waals surface area contributed by atoms with Gasteiger partial charge in [0.05, 0.1) is 50.0 Å². The maximum Gasteiger partial charge on any atom is 0.0774 e. The predicted octanol–water partition coefficient (Wildman–Crippen LogP) is 19.1. The van der Waals surface area contributed by atoms with Gasteiger partial charge in [-0.15, -0.1) is 36.4 Å². The van der Waals surface area contributed by atoms with Crippen LogP contribution >= 0.6 is 0 Å². The van der Waals surface area contributed by atoms with Crippen LogP contribution in [0.2, 0.25) is 39.3 Å². The number of pyridine rings is 6. The fourth-order valence-corrected chi connectivity index (χ4v) is 27.6. The van der Waals surface area contributed by atoms with Gasteiger partial charge < -0.3 is 28.2 Å². The molecule has 0 saturated carbocycles. The maximum absolute atomic E-state index is 8.60. The summed E-state index contributed by atoms with van der Waals surface area (Å²) in [7, 11) is -2.95. The number of hydrogen-bond acceptors (Lipinski definition) is 6. The molecule has 0 spiro atoms. The van der Waals surface area contributed by atoms with Crippen molar-refractivity contribution < 1.29 is 61.7 Å². The van der Waals surface area contributed by atoms with Crippen molar-refractivity contribution in [3.05, 3.63) is 199 Å². The Hall–Kier alpha value is -6.44. The van der Waals surface area contributed by atoms with Crippen molar-refractivity contribution in [2.75, 3.05) is 0 Å². The average molecular weight is 1710 g/mol. The minimum atomic E-state index is -1.47. The summed E-state index contributed by atoms with van der Waals surface area (Å²) in [6.45, 7) is 33.0. The zero-order valence-corrected chi connectivity index (χ0v) is 61.0. The molecular weight excluding hydrogens is 1640 g/mol. The summed E-state index contributed by atoms with van der Waals surface area (Å²) in [5.41, 5.74) is 19.3. The van der Waals surface area contributed by atoms with Crippen molar-refractivity contribution in [1.29, 1.82) is 0 Å². The molecule has 9 heterocycles. The third kappa shape index (κ3) is 10.9. The summed E-state index contributed by atoms with van der Waals surface area (Å²) in [5, 5.41) is 7.03. The van der Waals surface area contributed by atoms with Gasteiger partial charge in [0.2, 0.25) is 0 Å². The summed E-state index contributed by atoms with van der Waals surface area (Å²) in [6.07, 6.45) is 5.48. The van der Waals surface area contributed by atoms with Gasteiger partial charge in [0.15, 0.2) is 0 Å². The minimum absolute atomic E-state index is 0. The molecule has 0 aliphatic rings. The molecule has 15 rings (SSSR count). The average Bonchev–Trinajstić information content (AvgIpc) is 1.87. The summed E-state index contributed by atoms with van der Waals surface area (Å²) < 4.78 is 15.4. The number of para-hydroxylation sites is 6. The molecule has 0 fully saturated rings. The molecule has 0 bridgehead atoms. The van der Waals surface area contributed by atoms with Crippen LogP contribution in [0.25, 0.3) is 115 Å². The molecule has 0 unspecified atom stereocenters. The van der Waals surface area contributed by atoms with Crippen molar-refractivity contribution in [1.82, 2.24) is 43.1 Å². The second kappa shape index (κ2) is 23.8. The normalized spacial score (nSPS) is 12.8. The third-order valence-corrected chi connectivity index (χ3v) is 26.1. The molecule has 6 aromatic carbocycles. The van der Waals surface area contributed by atoms with Crippen LogP contribution in [0.15, 0.2) is 164 Å². The quantitative estimate of drug-likeness (QED) is 0.0969. The van der Waals surface area contributed by atoms with Gasteiger partial charge in [-0.3, -0.25) is 15.0 Å². The van der Waals surface area contributed by atoms with E-state index < -0.39 is 22.0 Å². The summed E-state index contributed by atoms with van der Waals surface area (Å²) in [4.78, 5) is 29.1. The van der Waals surface area contributed by atoms with Gasteiger partial charge >= 0.3 is 0 Å². The molecular formula is C73H72Ir3N9Si2-3. The fraction of sp³-hybridized carbons (Fsp3) is 0.260. The Morgan fingerprint density at radius 1 is 0.402 bits per heavy atom. The number of nitrogens with zero attached hydrogens (tertiary/aromatic N) is 9. The van der Waals surface area contributed by atoms with Gasteiger partial charge in [0.25, 0.3) is 0 Å². The first-order chi connectivity index (χ1) is 40.4. The molecule has 15 aromatic rings. The van der Waals surface area contributed by atoms with Gasteiger partial charge in [-0.1, -0.05) is 202 Å². The van der Waals surface area contributed by atoms with E-state index in [9.17, 15) is 0 Å². The van der Waals surface area contributed by atoms with E-state index in [-0.39, 0.29) is 71.1 Å². The first-order valence-electron chi connectivity index (χ1n) is 29.9. The van der Waals surface area contributed by atoms with Crippen molar-refractivity contribution in [3.8, 4) is 0 Å². The summed E-state index contributed by atoms with van der Waals surface area (Å²) in [6, 6.07) is 60.4. The second-order valence-corrected chi connectivity index (χ2v) is 38.4.